The summed E-state index contributed by atoms with van der Waals surface area (Å²) in [6.07, 6.45) is 3.48. The molecular formula is C18H24N2O. The van der Waals surface area contributed by atoms with Crippen molar-refractivity contribution >= 4 is 0 Å². The van der Waals surface area contributed by atoms with Crippen LogP contribution in [0.4, 0.5) is 0 Å². The van der Waals surface area contributed by atoms with Gasteiger partial charge >= 0.3 is 0 Å². The number of aromatic hydroxyl groups is 1. The Hall–Kier alpha value is -1.90. The summed E-state index contributed by atoms with van der Waals surface area (Å²) < 4.78 is 0. The molecule has 0 spiro atoms. The Morgan fingerprint density at radius 2 is 1.24 bits per heavy atom. The van der Waals surface area contributed by atoms with Crippen molar-refractivity contribution in [2.24, 2.45) is 0 Å². The smallest absolute Gasteiger partial charge is 0.159 e. The fraction of sp³-hybridized carbons (Fsp3) is 0.444. The largest absolute Gasteiger partial charge is 0.507 e. The van der Waals surface area contributed by atoms with Gasteiger partial charge in [0.2, 0.25) is 0 Å². The van der Waals surface area contributed by atoms with E-state index in [1.54, 1.807) is 18.5 Å². The van der Waals surface area contributed by atoms with Crippen LogP contribution in [-0.2, 0) is 10.8 Å². The van der Waals surface area contributed by atoms with Crippen molar-refractivity contribution in [3.05, 3.63) is 41.7 Å². The van der Waals surface area contributed by atoms with Gasteiger partial charge in [0.05, 0.1) is 0 Å². The molecule has 0 radical (unpaired) electrons. The third kappa shape index (κ3) is 3.23. The Morgan fingerprint density at radius 1 is 0.810 bits per heavy atom. The molecule has 3 nitrogen and oxygen atoms in total. The molecule has 1 N–H and O–H groups in total. The minimum absolute atomic E-state index is 0.144. The number of aromatic nitrogens is 2. The van der Waals surface area contributed by atoms with Crippen LogP contribution >= 0.6 is 0 Å². The average Bonchev–Trinajstić information content (AvgIpc) is 2.37. The molecule has 21 heavy (non-hydrogen) atoms. The number of nitrogens with zero attached hydrogens (tertiary/aromatic N) is 2. The van der Waals surface area contributed by atoms with Crippen LogP contribution in [0.15, 0.2) is 30.6 Å². The second kappa shape index (κ2) is 5.14. The Morgan fingerprint density at radius 3 is 1.62 bits per heavy atom. The predicted molar refractivity (Wildman–Crippen MR) is 86.5 cm³/mol. The van der Waals surface area contributed by atoms with Crippen molar-refractivity contribution in [2.45, 2.75) is 52.4 Å². The molecule has 1 aromatic carbocycles. The molecule has 0 aliphatic carbocycles. The molecule has 1 heterocycles. The summed E-state index contributed by atoms with van der Waals surface area (Å²) in [6, 6.07) is 5.80. The third-order valence-corrected chi connectivity index (χ3v) is 3.55. The average molecular weight is 284 g/mol. The van der Waals surface area contributed by atoms with E-state index in [1.807, 2.05) is 12.1 Å². The SMILES string of the molecule is CC(C)(C)c1cc(-c2ncccn2)cc(C(C)(C)C)c1O. The van der Waals surface area contributed by atoms with E-state index in [-0.39, 0.29) is 10.8 Å². The molecule has 2 rings (SSSR count). The maximum Gasteiger partial charge on any atom is 0.159 e. The van der Waals surface area contributed by atoms with Gasteiger partial charge in [0.25, 0.3) is 0 Å². The van der Waals surface area contributed by atoms with Gasteiger partial charge in [0.15, 0.2) is 5.82 Å². The van der Waals surface area contributed by atoms with Gasteiger partial charge < -0.3 is 5.11 Å². The fourth-order valence-electron chi connectivity index (χ4n) is 2.36. The van der Waals surface area contributed by atoms with Crippen LogP contribution in [0.3, 0.4) is 0 Å². The molecule has 2 aromatic rings. The summed E-state index contributed by atoms with van der Waals surface area (Å²) in [5.41, 5.74) is 2.52. The van der Waals surface area contributed by atoms with E-state index in [0.717, 1.165) is 16.7 Å². The quantitative estimate of drug-likeness (QED) is 0.841. The van der Waals surface area contributed by atoms with Gasteiger partial charge in [-0.15, -0.1) is 0 Å². The molecule has 0 unspecified atom stereocenters. The van der Waals surface area contributed by atoms with Gasteiger partial charge in [0, 0.05) is 29.1 Å². The minimum atomic E-state index is -0.144. The van der Waals surface area contributed by atoms with Crippen LogP contribution in [0, 0.1) is 0 Å². The molecule has 0 aliphatic heterocycles. The van der Waals surface area contributed by atoms with Crippen molar-refractivity contribution < 1.29 is 5.11 Å². The normalized spacial score (nSPS) is 12.5. The van der Waals surface area contributed by atoms with Crippen LogP contribution in [-0.4, -0.2) is 15.1 Å². The number of rotatable bonds is 1. The van der Waals surface area contributed by atoms with Crippen molar-refractivity contribution in [1.29, 1.82) is 0 Å². The van der Waals surface area contributed by atoms with Gasteiger partial charge in [-0.05, 0) is 29.0 Å². The van der Waals surface area contributed by atoms with Crippen LogP contribution in [0.1, 0.15) is 52.7 Å². The topological polar surface area (TPSA) is 46.0 Å². The lowest BCUT2D eigenvalue weighted by Gasteiger charge is -2.28. The Bertz CT molecular complexity index is 599. The van der Waals surface area contributed by atoms with Gasteiger partial charge in [-0.25, -0.2) is 9.97 Å². The molecular weight excluding hydrogens is 260 g/mol. The Kier molecular flexibility index (Phi) is 3.79. The summed E-state index contributed by atoms with van der Waals surface area (Å²) >= 11 is 0. The maximum atomic E-state index is 10.7. The first-order chi connectivity index (χ1) is 9.60. The second-order valence-corrected chi connectivity index (χ2v) is 7.49. The van der Waals surface area contributed by atoms with E-state index in [9.17, 15) is 5.11 Å². The lowest BCUT2D eigenvalue weighted by molar-refractivity contribution is 0.423. The molecule has 0 saturated carbocycles. The van der Waals surface area contributed by atoms with Crippen molar-refractivity contribution in [2.75, 3.05) is 0 Å². The lowest BCUT2D eigenvalue weighted by Crippen LogP contribution is -2.17. The maximum absolute atomic E-state index is 10.7. The van der Waals surface area contributed by atoms with Gasteiger partial charge in [-0.3, -0.25) is 0 Å². The monoisotopic (exact) mass is 284 g/mol. The Labute approximate surface area is 127 Å². The highest BCUT2D eigenvalue weighted by atomic mass is 16.3. The summed E-state index contributed by atoms with van der Waals surface area (Å²) in [5, 5.41) is 10.7. The number of benzene rings is 1. The summed E-state index contributed by atoms with van der Waals surface area (Å²) in [5.74, 6) is 1.07. The van der Waals surface area contributed by atoms with E-state index in [4.69, 9.17) is 0 Å². The molecule has 3 heteroatoms. The molecule has 1 aromatic heterocycles. The highest BCUT2D eigenvalue weighted by Gasteiger charge is 2.27. The lowest BCUT2D eigenvalue weighted by atomic mass is 9.78. The van der Waals surface area contributed by atoms with Crippen LogP contribution in [0.25, 0.3) is 11.4 Å². The summed E-state index contributed by atoms with van der Waals surface area (Å²) in [4.78, 5) is 8.66. The zero-order valence-corrected chi connectivity index (χ0v) is 13.7. The van der Waals surface area contributed by atoms with Crippen molar-refractivity contribution in [1.82, 2.24) is 9.97 Å². The third-order valence-electron chi connectivity index (χ3n) is 3.55. The number of hydrogen-bond donors (Lipinski definition) is 1. The summed E-state index contributed by atoms with van der Waals surface area (Å²) in [7, 11) is 0. The summed E-state index contributed by atoms with van der Waals surface area (Å²) in [6.45, 7) is 12.6. The van der Waals surface area contributed by atoms with Crippen LogP contribution in [0.5, 0.6) is 5.75 Å². The molecule has 0 bridgehead atoms. The van der Waals surface area contributed by atoms with E-state index >= 15 is 0 Å². The second-order valence-electron chi connectivity index (χ2n) is 7.49. The highest BCUT2D eigenvalue weighted by molar-refractivity contribution is 5.63. The van der Waals surface area contributed by atoms with Crippen LogP contribution < -0.4 is 0 Å². The number of hydrogen-bond acceptors (Lipinski definition) is 3. The standard InChI is InChI=1S/C18H24N2O/c1-17(2,3)13-10-12(16-19-8-7-9-20-16)11-14(15(13)21)18(4,5)6/h7-11,21H,1-6H3. The Balaban J connectivity index is 2.75. The van der Waals surface area contributed by atoms with Crippen molar-refractivity contribution in [3.8, 4) is 17.1 Å². The molecule has 0 atom stereocenters. The zero-order chi connectivity index (χ0) is 15.8. The van der Waals surface area contributed by atoms with Gasteiger partial charge in [-0.2, -0.15) is 0 Å². The predicted octanol–water partition coefficient (Wildman–Crippen LogP) is 4.44. The van der Waals surface area contributed by atoms with E-state index in [0.29, 0.717) is 11.6 Å². The van der Waals surface area contributed by atoms with Gasteiger partial charge in [-0.1, -0.05) is 41.5 Å². The molecule has 0 saturated heterocycles. The molecule has 0 aliphatic rings. The first-order valence-corrected chi connectivity index (χ1v) is 7.26. The van der Waals surface area contributed by atoms with Gasteiger partial charge in [0.1, 0.15) is 5.75 Å². The van der Waals surface area contributed by atoms with Crippen LogP contribution in [0.2, 0.25) is 0 Å². The first-order valence-electron chi connectivity index (χ1n) is 7.26. The molecule has 112 valence electrons. The zero-order valence-electron chi connectivity index (χ0n) is 13.7. The number of phenols is 1. The number of phenolic OH excluding ortho intramolecular Hbond substituents is 1. The molecule has 0 amide bonds. The fourth-order valence-corrected chi connectivity index (χ4v) is 2.36. The minimum Gasteiger partial charge on any atom is -0.507 e. The first kappa shape index (κ1) is 15.5. The highest BCUT2D eigenvalue weighted by Crippen LogP contribution is 2.41. The van der Waals surface area contributed by atoms with E-state index < -0.39 is 0 Å². The van der Waals surface area contributed by atoms with E-state index in [1.165, 1.54) is 0 Å². The molecule has 0 fully saturated rings. The van der Waals surface area contributed by atoms with Crippen molar-refractivity contribution in [3.63, 3.8) is 0 Å². The van der Waals surface area contributed by atoms with E-state index in [2.05, 4.69) is 51.5 Å².